The molecule has 0 spiro atoms. The van der Waals surface area contributed by atoms with Crippen LogP contribution in [0.1, 0.15) is 36.8 Å². The predicted octanol–water partition coefficient (Wildman–Crippen LogP) is 4.54. The molecule has 1 aliphatic heterocycles. The van der Waals surface area contributed by atoms with Crippen LogP contribution in [0.5, 0.6) is 0 Å². The van der Waals surface area contributed by atoms with E-state index in [2.05, 4.69) is 0 Å². The number of carbonyl (C=O) groups is 2. The fourth-order valence-electron chi connectivity index (χ4n) is 3.89. The van der Waals surface area contributed by atoms with Gasteiger partial charge in [-0.1, -0.05) is 60.3 Å². The van der Waals surface area contributed by atoms with Crippen molar-refractivity contribution in [2.24, 2.45) is 0 Å². The molecule has 2 fully saturated rings. The second-order valence-electron chi connectivity index (χ2n) is 7.48. The van der Waals surface area contributed by atoms with Gasteiger partial charge in [0.05, 0.1) is 12.1 Å². The van der Waals surface area contributed by atoms with E-state index in [9.17, 15) is 9.59 Å². The van der Waals surface area contributed by atoms with Crippen molar-refractivity contribution in [2.75, 3.05) is 0 Å². The van der Waals surface area contributed by atoms with Crippen molar-refractivity contribution >= 4 is 35.0 Å². The van der Waals surface area contributed by atoms with Gasteiger partial charge in [-0.2, -0.15) is 0 Å². The third-order valence-corrected chi connectivity index (χ3v) is 5.95. The van der Waals surface area contributed by atoms with Crippen LogP contribution in [-0.2, 0) is 32.5 Å². The molecule has 0 bridgehead atoms. The minimum atomic E-state index is -0.705. The third kappa shape index (κ3) is 4.62. The van der Waals surface area contributed by atoms with E-state index in [0.717, 1.165) is 36.8 Å². The lowest BCUT2D eigenvalue weighted by Gasteiger charge is -2.46. The normalized spacial score (nSPS) is 21.7. The highest BCUT2D eigenvalue weighted by Crippen LogP contribution is 2.32. The molecule has 1 aliphatic carbocycles. The molecule has 8 heteroatoms. The van der Waals surface area contributed by atoms with Gasteiger partial charge in [0.1, 0.15) is 13.2 Å². The minimum absolute atomic E-state index is 0.186. The lowest BCUT2D eigenvalue weighted by molar-refractivity contribution is -0.270. The standard InChI is InChI=1S/C22H22Cl2N2O4/c23-17-9-5-15(6-10-17)13-29-25-19-3-1-2-4-20(19)26(22(28)21(25)27)30-14-16-7-11-18(24)12-8-16/h5-12,19-20H,1-4,13-14H2/t19-,20-/m1/s1. The van der Waals surface area contributed by atoms with Crippen molar-refractivity contribution in [3.05, 3.63) is 69.7 Å². The van der Waals surface area contributed by atoms with E-state index in [4.69, 9.17) is 32.9 Å². The van der Waals surface area contributed by atoms with Crippen molar-refractivity contribution in [3.63, 3.8) is 0 Å². The van der Waals surface area contributed by atoms with Gasteiger partial charge in [-0.3, -0.25) is 19.3 Å². The fourth-order valence-corrected chi connectivity index (χ4v) is 4.14. The Morgan fingerprint density at radius 2 is 1.07 bits per heavy atom. The molecule has 4 rings (SSSR count). The highest BCUT2D eigenvalue weighted by molar-refractivity contribution is 6.35. The van der Waals surface area contributed by atoms with Crippen LogP contribution in [0.4, 0.5) is 0 Å². The van der Waals surface area contributed by atoms with Crippen LogP contribution in [0.3, 0.4) is 0 Å². The number of piperazine rings is 1. The summed E-state index contributed by atoms with van der Waals surface area (Å²) in [7, 11) is 0. The van der Waals surface area contributed by atoms with Crippen LogP contribution in [0.2, 0.25) is 10.0 Å². The molecule has 2 atom stereocenters. The number of halogens is 2. The van der Waals surface area contributed by atoms with Crippen molar-refractivity contribution in [3.8, 4) is 0 Å². The number of hydroxylamine groups is 4. The molecule has 2 aliphatic rings. The molecule has 0 aromatic heterocycles. The SMILES string of the molecule is O=C1C(=O)N(OCc2ccc(Cl)cc2)[C@@H]2CCCC[C@H]2N1OCc1ccc(Cl)cc1. The van der Waals surface area contributed by atoms with Gasteiger partial charge in [0.2, 0.25) is 0 Å². The maximum absolute atomic E-state index is 12.8. The number of rotatable bonds is 6. The molecule has 158 valence electrons. The number of nitrogens with zero attached hydrogens (tertiary/aromatic N) is 2. The Morgan fingerprint density at radius 3 is 1.43 bits per heavy atom. The lowest BCUT2D eigenvalue weighted by atomic mass is 9.88. The summed E-state index contributed by atoms with van der Waals surface area (Å²) in [5.74, 6) is -1.41. The topological polar surface area (TPSA) is 59.1 Å². The second-order valence-corrected chi connectivity index (χ2v) is 8.35. The molecule has 1 saturated heterocycles. The van der Waals surface area contributed by atoms with Crippen LogP contribution < -0.4 is 0 Å². The number of benzene rings is 2. The summed E-state index contributed by atoms with van der Waals surface area (Å²) in [6.45, 7) is 0.371. The smallest absolute Gasteiger partial charge is 0.265 e. The molecule has 6 nitrogen and oxygen atoms in total. The predicted molar refractivity (Wildman–Crippen MR) is 112 cm³/mol. The van der Waals surface area contributed by atoms with E-state index in [1.54, 1.807) is 24.3 Å². The molecule has 0 N–H and O–H groups in total. The molecule has 2 amide bonds. The van der Waals surface area contributed by atoms with Crippen molar-refractivity contribution in [1.29, 1.82) is 0 Å². The average Bonchev–Trinajstić information content (AvgIpc) is 2.76. The summed E-state index contributed by atoms with van der Waals surface area (Å²) < 4.78 is 0. The Labute approximate surface area is 185 Å². The zero-order valence-corrected chi connectivity index (χ0v) is 17.8. The maximum atomic E-state index is 12.8. The Kier molecular flexibility index (Phi) is 6.58. The molecule has 2 aromatic rings. The summed E-state index contributed by atoms with van der Waals surface area (Å²) in [5, 5.41) is 3.76. The van der Waals surface area contributed by atoms with Gasteiger partial charge in [-0.05, 0) is 48.2 Å². The number of amides is 2. The first-order chi connectivity index (χ1) is 14.5. The van der Waals surface area contributed by atoms with Gasteiger partial charge in [-0.15, -0.1) is 0 Å². The van der Waals surface area contributed by atoms with Crippen molar-refractivity contribution < 1.29 is 19.3 Å². The Balaban J connectivity index is 1.46. The van der Waals surface area contributed by atoms with Gasteiger partial charge < -0.3 is 0 Å². The van der Waals surface area contributed by atoms with Gasteiger partial charge in [-0.25, -0.2) is 10.1 Å². The zero-order valence-electron chi connectivity index (χ0n) is 16.3. The third-order valence-electron chi connectivity index (χ3n) is 5.45. The molecule has 0 radical (unpaired) electrons. The maximum Gasteiger partial charge on any atom is 0.338 e. The van der Waals surface area contributed by atoms with Crippen molar-refractivity contribution in [1.82, 2.24) is 10.1 Å². The van der Waals surface area contributed by atoms with Crippen LogP contribution >= 0.6 is 23.2 Å². The highest BCUT2D eigenvalue weighted by Gasteiger charge is 2.48. The van der Waals surface area contributed by atoms with Crippen molar-refractivity contribution in [2.45, 2.75) is 51.0 Å². The monoisotopic (exact) mass is 448 g/mol. The van der Waals surface area contributed by atoms with E-state index in [1.165, 1.54) is 10.1 Å². The Hall–Kier alpha value is -2.12. The summed E-state index contributed by atoms with van der Waals surface area (Å²) >= 11 is 11.8. The van der Waals surface area contributed by atoms with E-state index in [0.29, 0.717) is 10.0 Å². The average molecular weight is 449 g/mol. The number of fused-ring (bicyclic) bond motifs is 1. The van der Waals surface area contributed by atoms with Crippen LogP contribution in [-0.4, -0.2) is 34.0 Å². The number of carbonyl (C=O) groups excluding carboxylic acids is 2. The first-order valence-corrected chi connectivity index (χ1v) is 10.7. The molecule has 1 saturated carbocycles. The Bertz CT molecular complexity index is 829. The van der Waals surface area contributed by atoms with Crippen LogP contribution in [0, 0.1) is 0 Å². The fraction of sp³-hybridized carbons (Fsp3) is 0.364. The molecule has 30 heavy (non-hydrogen) atoms. The molecule has 2 aromatic carbocycles. The first kappa shape index (κ1) is 21.1. The molecular weight excluding hydrogens is 427 g/mol. The van der Waals surface area contributed by atoms with E-state index >= 15 is 0 Å². The van der Waals surface area contributed by atoms with E-state index < -0.39 is 11.8 Å². The Morgan fingerprint density at radius 1 is 0.700 bits per heavy atom. The van der Waals surface area contributed by atoms with E-state index in [-0.39, 0.29) is 25.3 Å². The van der Waals surface area contributed by atoms with E-state index in [1.807, 2.05) is 24.3 Å². The summed E-state index contributed by atoms with van der Waals surface area (Å²) in [6, 6.07) is 13.9. The number of hydrogen-bond acceptors (Lipinski definition) is 4. The van der Waals surface area contributed by atoms with Gasteiger partial charge in [0.25, 0.3) is 0 Å². The first-order valence-electron chi connectivity index (χ1n) is 9.94. The molecular formula is C22H22Cl2N2O4. The van der Waals surface area contributed by atoms with Crippen LogP contribution in [0.15, 0.2) is 48.5 Å². The summed E-state index contributed by atoms with van der Waals surface area (Å²) in [6.07, 6.45) is 3.44. The zero-order chi connectivity index (χ0) is 21.1. The lowest BCUT2D eigenvalue weighted by Crippen LogP contribution is -2.65. The minimum Gasteiger partial charge on any atom is -0.265 e. The molecule has 1 heterocycles. The summed E-state index contributed by atoms with van der Waals surface area (Å²) in [4.78, 5) is 37.2. The quantitative estimate of drug-likeness (QED) is 0.608. The van der Waals surface area contributed by atoms with Gasteiger partial charge in [0.15, 0.2) is 0 Å². The highest BCUT2D eigenvalue weighted by atomic mass is 35.5. The molecule has 0 unspecified atom stereocenters. The van der Waals surface area contributed by atoms with Gasteiger partial charge in [0, 0.05) is 10.0 Å². The second kappa shape index (κ2) is 9.35. The van der Waals surface area contributed by atoms with Crippen LogP contribution in [0.25, 0.3) is 0 Å². The largest absolute Gasteiger partial charge is 0.338 e. The summed E-state index contributed by atoms with van der Waals surface area (Å²) in [5.41, 5.74) is 1.74. The number of hydrogen-bond donors (Lipinski definition) is 0. The van der Waals surface area contributed by atoms with Gasteiger partial charge >= 0.3 is 11.8 Å².